The minimum absolute atomic E-state index is 0.0327. The molecule has 0 saturated carbocycles. The van der Waals surface area contributed by atoms with Crippen molar-refractivity contribution in [3.8, 4) is 11.5 Å². The molecular formula is C29H25ClN2O5S. The van der Waals surface area contributed by atoms with Gasteiger partial charge in [-0.2, -0.15) is 0 Å². The third kappa shape index (κ3) is 4.40. The highest BCUT2D eigenvalue weighted by molar-refractivity contribution is 7.22. The number of Topliss-reactive ketones (excluding diaryl/α,β-unsaturated/α-hetero) is 1. The van der Waals surface area contributed by atoms with E-state index in [4.69, 9.17) is 16.3 Å². The van der Waals surface area contributed by atoms with Gasteiger partial charge in [-0.05, 0) is 59.5 Å². The fourth-order valence-electron chi connectivity index (χ4n) is 4.59. The monoisotopic (exact) mass is 548 g/mol. The standard InChI is InChI=1S/C29H25ClN2O5S/c1-29(2,3)19-13-16(7-12-21(19)37-4)25(34)23-24(15-5-9-18(33)10-6-15)32(27(36)26(23)35)28-31-20-11-8-17(30)14-22(20)38-28/h5-14,24,33-34H,1-4H3/b25-23+. The van der Waals surface area contributed by atoms with Crippen LogP contribution in [0.15, 0.2) is 66.2 Å². The first-order valence-electron chi connectivity index (χ1n) is 11.8. The first kappa shape index (κ1) is 25.8. The van der Waals surface area contributed by atoms with Gasteiger partial charge >= 0.3 is 5.91 Å². The molecule has 0 radical (unpaired) electrons. The van der Waals surface area contributed by atoms with Crippen LogP contribution in [0.25, 0.3) is 16.0 Å². The summed E-state index contributed by atoms with van der Waals surface area (Å²) in [5, 5.41) is 22.2. The van der Waals surface area contributed by atoms with Gasteiger partial charge in [0.05, 0.1) is 28.9 Å². The van der Waals surface area contributed by atoms with Crippen molar-refractivity contribution in [3.63, 3.8) is 0 Å². The molecule has 1 aromatic heterocycles. The van der Waals surface area contributed by atoms with Crippen LogP contribution in [0.3, 0.4) is 0 Å². The average molecular weight is 549 g/mol. The predicted molar refractivity (Wildman–Crippen MR) is 149 cm³/mol. The normalized spacial score (nSPS) is 17.4. The summed E-state index contributed by atoms with van der Waals surface area (Å²) in [6, 6.07) is 15.6. The lowest BCUT2D eigenvalue weighted by atomic mass is 9.84. The molecule has 1 amide bonds. The summed E-state index contributed by atoms with van der Waals surface area (Å²) in [4.78, 5) is 32.9. The molecule has 1 unspecified atom stereocenters. The number of aromatic hydroxyl groups is 1. The third-order valence-electron chi connectivity index (χ3n) is 6.48. The number of thiazole rings is 1. The topological polar surface area (TPSA) is 100.0 Å². The highest BCUT2D eigenvalue weighted by Crippen LogP contribution is 2.45. The quantitative estimate of drug-likeness (QED) is 0.169. The predicted octanol–water partition coefficient (Wildman–Crippen LogP) is 6.59. The number of methoxy groups -OCH3 is 1. The van der Waals surface area contributed by atoms with Gasteiger partial charge in [-0.1, -0.05) is 55.8 Å². The second-order valence-electron chi connectivity index (χ2n) is 10.0. The molecule has 194 valence electrons. The Kier molecular flexibility index (Phi) is 6.41. The van der Waals surface area contributed by atoms with Crippen molar-refractivity contribution in [2.75, 3.05) is 12.0 Å². The van der Waals surface area contributed by atoms with Crippen LogP contribution < -0.4 is 9.64 Å². The van der Waals surface area contributed by atoms with Gasteiger partial charge in [0.15, 0.2) is 5.13 Å². The number of aliphatic hydroxyl groups is 1. The van der Waals surface area contributed by atoms with E-state index in [0.717, 1.165) is 10.3 Å². The molecule has 0 spiro atoms. The highest BCUT2D eigenvalue weighted by Gasteiger charge is 2.48. The second-order valence-corrected chi connectivity index (χ2v) is 11.5. The van der Waals surface area contributed by atoms with E-state index in [1.807, 2.05) is 20.8 Å². The molecule has 2 heterocycles. The van der Waals surface area contributed by atoms with Crippen LogP contribution in [0.5, 0.6) is 11.5 Å². The van der Waals surface area contributed by atoms with E-state index in [1.54, 1.807) is 55.6 Å². The zero-order valence-electron chi connectivity index (χ0n) is 21.2. The zero-order valence-corrected chi connectivity index (χ0v) is 22.7. The Morgan fingerprint density at radius 2 is 1.76 bits per heavy atom. The Morgan fingerprint density at radius 3 is 2.42 bits per heavy atom. The highest BCUT2D eigenvalue weighted by atomic mass is 35.5. The van der Waals surface area contributed by atoms with Gasteiger partial charge in [0.1, 0.15) is 17.3 Å². The van der Waals surface area contributed by atoms with Crippen LogP contribution in [0.4, 0.5) is 5.13 Å². The summed E-state index contributed by atoms with van der Waals surface area (Å²) < 4.78 is 6.27. The van der Waals surface area contributed by atoms with Gasteiger partial charge < -0.3 is 14.9 Å². The maximum absolute atomic E-state index is 13.5. The third-order valence-corrected chi connectivity index (χ3v) is 7.73. The number of ether oxygens (including phenoxy) is 1. The molecule has 1 aliphatic heterocycles. The number of ketones is 1. The molecule has 3 aromatic carbocycles. The molecule has 1 saturated heterocycles. The van der Waals surface area contributed by atoms with E-state index in [0.29, 0.717) is 32.5 Å². The van der Waals surface area contributed by atoms with Crippen LogP contribution >= 0.6 is 22.9 Å². The van der Waals surface area contributed by atoms with Gasteiger partial charge in [0, 0.05) is 16.1 Å². The first-order chi connectivity index (χ1) is 18.0. The number of amides is 1. The number of carbonyl (C=O) groups is 2. The van der Waals surface area contributed by atoms with Crippen LogP contribution in [-0.2, 0) is 15.0 Å². The first-order valence-corrected chi connectivity index (χ1v) is 13.0. The van der Waals surface area contributed by atoms with Crippen molar-refractivity contribution in [1.29, 1.82) is 0 Å². The summed E-state index contributed by atoms with van der Waals surface area (Å²) in [5.74, 6) is -1.26. The molecule has 0 bridgehead atoms. The van der Waals surface area contributed by atoms with E-state index < -0.39 is 17.7 Å². The number of hydrogen-bond acceptors (Lipinski definition) is 7. The molecule has 38 heavy (non-hydrogen) atoms. The number of halogens is 1. The number of phenols is 1. The van der Waals surface area contributed by atoms with Crippen LogP contribution in [0.2, 0.25) is 5.02 Å². The van der Waals surface area contributed by atoms with Crippen molar-refractivity contribution in [3.05, 3.63) is 87.9 Å². The van der Waals surface area contributed by atoms with E-state index in [2.05, 4.69) is 4.98 Å². The van der Waals surface area contributed by atoms with Crippen molar-refractivity contribution >= 4 is 55.7 Å². The molecule has 1 atom stereocenters. The van der Waals surface area contributed by atoms with Crippen molar-refractivity contribution in [1.82, 2.24) is 4.98 Å². The van der Waals surface area contributed by atoms with Gasteiger partial charge in [0.2, 0.25) is 0 Å². The lowest BCUT2D eigenvalue weighted by Gasteiger charge is -2.24. The Bertz CT molecular complexity index is 1620. The van der Waals surface area contributed by atoms with Crippen molar-refractivity contribution in [2.24, 2.45) is 0 Å². The summed E-state index contributed by atoms with van der Waals surface area (Å²) >= 11 is 7.37. The average Bonchev–Trinajstić information content (AvgIpc) is 3.40. The number of nitrogens with zero attached hydrogens (tertiary/aromatic N) is 2. The summed E-state index contributed by atoms with van der Waals surface area (Å²) in [7, 11) is 1.58. The van der Waals surface area contributed by atoms with E-state index in [-0.39, 0.29) is 22.5 Å². The van der Waals surface area contributed by atoms with E-state index in [1.165, 1.54) is 28.4 Å². The van der Waals surface area contributed by atoms with Crippen LogP contribution in [0, 0.1) is 0 Å². The number of rotatable bonds is 4. The van der Waals surface area contributed by atoms with E-state index >= 15 is 0 Å². The molecule has 1 aliphatic rings. The Morgan fingerprint density at radius 1 is 1.05 bits per heavy atom. The fraction of sp³-hybridized carbons (Fsp3) is 0.207. The van der Waals surface area contributed by atoms with Gasteiger partial charge in [0.25, 0.3) is 5.78 Å². The summed E-state index contributed by atoms with van der Waals surface area (Å²) in [5.41, 5.74) is 2.00. The Labute approximate surface area is 228 Å². The Hall–Kier alpha value is -3.88. The van der Waals surface area contributed by atoms with Gasteiger partial charge in [-0.25, -0.2) is 4.98 Å². The number of carbonyl (C=O) groups excluding carboxylic acids is 2. The summed E-state index contributed by atoms with van der Waals surface area (Å²) in [6.07, 6.45) is 0. The molecular weight excluding hydrogens is 524 g/mol. The molecule has 1 fully saturated rings. The second kappa shape index (κ2) is 9.45. The summed E-state index contributed by atoms with van der Waals surface area (Å²) in [6.45, 7) is 6.05. The number of phenolic OH excluding ortho intramolecular Hbond substituents is 1. The van der Waals surface area contributed by atoms with Gasteiger partial charge in [-0.15, -0.1) is 0 Å². The fourth-order valence-corrected chi connectivity index (χ4v) is 5.86. The smallest absolute Gasteiger partial charge is 0.301 e. The maximum Gasteiger partial charge on any atom is 0.301 e. The molecule has 5 rings (SSSR count). The number of benzene rings is 3. The van der Waals surface area contributed by atoms with Crippen LogP contribution in [0.1, 0.15) is 43.5 Å². The number of anilines is 1. The van der Waals surface area contributed by atoms with Crippen molar-refractivity contribution in [2.45, 2.75) is 32.2 Å². The number of aromatic nitrogens is 1. The number of aliphatic hydroxyl groups excluding tert-OH is 1. The minimum Gasteiger partial charge on any atom is -0.508 e. The largest absolute Gasteiger partial charge is 0.508 e. The van der Waals surface area contributed by atoms with Gasteiger partial charge in [-0.3, -0.25) is 14.5 Å². The lowest BCUT2D eigenvalue weighted by Crippen LogP contribution is -2.29. The molecule has 2 N–H and O–H groups in total. The Balaban J connectivity index is 1.73. The SMILES string of the molecule is COc1ccc(/C(O)=C2\C(=O)C(=O)N(c3nc4ccc(Cl)cc4s3)C2c2ccc(O)cc2)cc1C(C)(C)C. The maximum atomic E-state index is 13.5. The molecule has 7 nitrogen and oxygen atoms in total. The zero-order chi connectivity index (χ0) is 27.4. The van der Waals surface area contributed by atoms with E-state index in [9.17, 15) is 19.8 Å². The van der Waals surface area contributed by atoms with Crippen LogP contribution in [-0.4, -0.2) is 34.0 Å². The molecule has 9 heteroatoms. The number of hydrogen-bond donors (Lipinski definition) is 2. The lowest BCUT2D eigenvalue weighted by molar-refractivity contribution is -0.132. The van der Waals surface area contributed by atoms with Crippen molar-refractivity contribution < 1.29 is 24.5 Å². The molecule has 4 aromatic rings. The minimum atomic E-state index is -0.966. The molecule has 0 aliphatic carbocycles. The number of fused-ring (bicyclic) bond motifs is 1.